The lowest BCUT2D eigenvalue weighted by Crippen LogP contribution is -2.03. The monoisotopic (exact) mass is 192 g/mol. The van der Waals surface area contributed by atoms with Gasteiger partial charge in [0.2, 0.25) is 0 Å². The van der Waals surface area contributed by atoms with Crippen molar-refractivity contribution in [2.45, 2.75) is 19.4 Å². The third-order valence-corrected chi connectivity index (χ3v) is 2.81. The molecule has 0 aliphatic carbocycles. The average Bonchev–Trinajstić information content (AvgIpc) is 2.65. The van der Waals surface area contributed by atoms with E-state index in [0.717, 1.165) is 18.8 Å². The highest BCUT2D eigenvalue weighted by Gasteiger charge is 2.25. The lowest BCUT2D eigenvalue weighted by Gasteiger charge is -2.15. The van der Waals surface area contributed by atoms with Crippen molar-refractivity contribution in [2.75, 3.05) is 13.7 Å². The summed E-state index contributed by atoms with van der Waals surface area (Å²) in [7, 11) is 1.69. The lowest BCUT2D eigenvalue weighted by molar-refractivity contribution is 0.0943. The van der Waals surface area contributed by atoms with E-state index in [-0.39, 0.29) is 6.10 Å². The van der Waals surface area contributed by atoms with Crippen LogP contribution >= 0.6 is 0 Å². The molecule has 1 aromatic rings. The number of hydrogen-bond donors (Lipinski definition) is 0. The smallest absolute Gasteiger partial charge is 0.119 e. The van der Waals surface area contributed by atoms with Crippen LogP contribution in [0.15, 0.2) is 24.3 Å². The molecule has 2 rings (SSSR count). The van der Waals surface area contributed by atoms with Gasteiger partial charge in [-0.2, -0.15) is 0 Å². The van der Waals surface area contributed by atoms with Gasteiger partial charge in [0.1, 0.15) is 5.75 Å². The average molecular weight is 192 g/mol. The molecule has 1 aromatic carbocycles. The second kappa shape index (κ2) is 4.01. The second-order valence-corrected chi connectivity index (χ2v) is 3.83. The van der Waals surface area contributed by atoms with Gasteiger partial charge < -0.3 is 9.47 Å². The zero-order chi connectivity index (χ0) is 9.97. The van der Waals surface area contributed by atoms with E-state index in [1.807, 2.05) is 12.1 Å². The maximum atomic E-state index is 5.70. The number of hydrogen-bond acceptors (Lipinski definition) is 2. The molecule has 2 heteroatoms. The number of methoxy groups -OCH3 is 1. The maximum absolute atomic E-state index is 5.70. The van der Waals surface area contributed by atoms with Crippen LogP contribution in [0.4, 0.5) is 0 Å². The van der Waals surface area contributed by atoms with Crippen LogP contribution in [-0.2, 0) is 4.74 Å². The molecular weight excluding hydrogens is 176 g/mol. The van der Waals surface area contributed by atoms with Crippen molar-refractivity contribution < 1.29 is 9.47 Å². The van der Waals surface area contributed by atoms with Crippen LogP contribution in [0, 0.1) is 5.92 Å². The van der Waals surface area contributed by atoms with Crippen molar-refractivity contribution in [1.29, 1.82) is 0 Å². The normalized spacial score (nSPS) is 26.4. The Morgan fingerprint density at radius 2 is 2.29 bits per heavy atom. The first-order chi connectivity index (χ1) is 6.81. The third-order valence-electron chi connectivity index (χ3n) is 2.81. The van der Waals surface area contributed by atoms with Crippen molar-refractivity contribution in [3.8, 4) is 5.75 Å². The Morgan fingerprint density at radius 3 is 2.93 bits per heavy atom. The molecule has 0 saturated carbocycles. The quantitative estimate of drug-likeness (QED) is 0.717. The minimum absolute atomic E-state index is 0.255. The molecule has 14 heavy (non-hydrogen) atoms. The topological polar surface area (TPSA) is 18.5 Å². The van der Waals surface area contributed by atoms with Gasteiger partial charge >= 0.3 is 0 Å². The summed E-state index contributed by atoms with van der Waals surface area (Å²) in [6, 6.07) is 8.15. The predicted octanol–water partition coefficient (Wildman–Crippen LogP) is 2.79. The van der Waals surface area contributed by atoms with Crippen molar-refractivity contribution in [2.24, 2.45) is 5.92 Å². The molecular formula is C12H16O2. The van der Waals surface area contributed by atoms with Gasteiger partial charge in [-0.05, 0) is 30.0 Å². The van der Waals surface area contributed by atoms with Crippen LogP contribution in [0.3, 0.4) is 0 Å². The standard InChI is InChI=1S/C12H16O2/c1-9-6-7-14-12(9)10-4-3-5-11(8-10)13-2/h3-5,8-9,12H,6-7H2,1-2H3/t9-,12-/m0/s1. The highest BCUT2D eigenvalue weighted by Crippen LogP contribution is 2.35. The van der Waals surface area contributed by atoms with Crippen molar-refractivity contribution >= 4 is 0 Å². The summed E-state index contributed by atoms with van der Waals surface area (Å²) in [4.78, 5) is 0. The lowest BCUT2D eigenvalue weighted by atomic mass is 9.97. The van der Waals surface area contributed by atoms with E-state index in [9.17, 15) is 0 Å². The highest BCUT2D eigenvalue weighted by atomic mass is 16.5. The molecule has 0 N–H and O–H groups in total. The fourth-order valence-corrected chi connectivity index (χ4v) is 1.94. The summed E-state index contributed by atoms with van der Waals surface area (Å²) >= 11 is 0. The largest absolute Gasteiger partial charge is 0.497 e. The molecule has 1 heterocycles. The summed E-state index contributed by atoms with van der Waals surface area (Å²) < 4.78 is 10.9. The number of rotatable bonds is 2. The van der Waals surface area contributed by atoms with Gasteiger partial charge in [-0.3, -0.25) is 0 Å². The van der Waals surface area contributed by atoms with E-state index in [1.54, 1.807) is 7.11 Å². The van der Waals surface area contributed by atoms with Crippen LogP contribution in [-0.4, -0.2) is 13.7 Å². The van der Waals surface area contributed by atoms with E-state index in [1.165, 1.54) is 5.56 Å². The van der Waals surface area contributed by atoms with Crippen LogP contribution in [0.25, 0.3) is 0 Å². The van der Waals surface area contributed by atoms with Crippen LogP contribution < -0.4 is 4.74 Å². The van der Waals surface area contributed by atoms with E-state index in [0.29, 0.717) is 5.92 Å². The van der Waals surface area contributed by atoms with E-state index < -0.39 is 0 Å². The van der Waals surface area contributed by atoms with Gasteiger partial charge in [0.15, 0.2) is 0 Å². The minimum Gasteiger partial charge on any atom is -0.497 e. The third kappa shape index (κ3) is 1.75. The fourth-order valence-electron chi connectivity index (χ4n) is 1.94. The van der Waals surface area contributed by atoms with Gasteiger partial charge in [-0.15, -0.1) is 0 Å². The Bertz CT molecular complexity index is 309. The first-order valence-electron chi connectivity index (χ1n) is 5.07. The zero-order valence-electron chi connectivity index (χ0n) is 8.69. The summed E-state index contributed by atoms with van der Waals surface area (Å²) in [6.07, 6.45) is 1.41. The molecule has 1 fully saturated rings. The molecule has 0 spiro atoms. The Hall–Kier alpha value is -1.02. The maximum Gasteiger partial charge on any atom is 0.119 e. The zero-order valence-corrected chi connectivity index (χ0v) is 8.69. The summed E-state index contributed by atoms with van der Waals surface area (Å²) in [5, 5.41) is 0. The summed E-state index contributed by atoms with van der Waals surface area (Å²) in [5.74, 6) is 1.52. The Kier molecular flexibility index (Phi) is 2.73. The van der Waals surface area contributed by atoms with E-state index >= 15 is 0 Å². The molecule has 0 unspecified atom stereocenters. The molecule has 2 nitrogen and oxygen atoms in total. The van der Waals surface area contributed by atoms with Gasteiger partial charge in [-0.25, -0.2) is 0 Å². The first kappa shape index (κ1) is 9.53. The van der Waals surface area contributed by atoms with E-state index in [4.69, 9.17) is 9.47 Å². The fraction of sp³-hybridized carbons (Fsp3) is 0.500. The van der Waals surface area contributed by atoms with Crippen LogP contribution in [0.5, 0.6) is 5.75 Å². The van der Waals surface area contributed by atoms with Crippen molar-refractivity contribution in [1.82, 2.24) is 0 Å². The summed E-state index contributed by atoms with van der Waals surface area (Å²) in [5.41, 5.74) is 1.23. The van der Waals surface area contributed by atoms with Gasteiger partial charge in [0.25, 0.3) is 0 Å². The SMILES string of the molecule is COc1cccc([C@H]2OCC[C@@H]2C)c1. The molecule has 1 aliphatic rings. The van der Waals surface area contributed by atoms with E-state index in [2.05, 4.69) is 19.1 Å². The van der Waals surface area contributed by atoms with Gasteiger partial charge in [-0.1, -0.05) is 19.1 Å². The Labute approximate surface area is 84.8 Å². The molecule has 1 aliphatic heterocycles. The highest BCUT2D eigenvalue weighted by molar-refractivity contribution is 5.30. The second-order valence-electron chi connectivity index (χ2n) is 3.83. The molecule has 2 atom stereocenters. The molecule has 0 amide bonds. The van der Waals surface area contributed by atoms with Crippen molar-refractivity contribution in [3.63, 3.8) is 0 Å². The van der Waals surface area contributed by atoms with Gasteiger partial charge in [0.05, 0.1) is 13.2 Å². The minimum atomic E-state index is 0.255. The first-order valence-corrected chi connectivity index (χ1v) is 5.07. The Balaban J connectivity index is 2.22. The van der Waals surface area contributed by atoms with Crippen LogP contribution in [0.1, 0.15) is 25.0 Å². The molecule has 0 bridgehead atoms. The predicted molar refractivity (Wildman–Crippen MR) is 55.5 cm³/mol. The Morgan fingerprint density at radius 1 is 1.43 bits per heavy atom. The van der Waals surface area contributed by atoms with Gasteiger partial charge in [0, 0.05) is 6.61 Å². The molecule has 1 saturated heterocycles. The number of ether oxygens (including phenoxy) is 2. The molecule has 0 aromatic heterocycles. The van der Waals surface area contributed by atoms with Crippen LogP contribution in [0.2, 0.25) is 0 Å². The molecule has 0 radical (unpaired) electrons. The van der Waals surface area contributed by atoms with Crippen molar-refractivity contribution in [3.05, 3.63) is 29.8 Å². The number of benzene rings is 1. The summed E-state index contributed by atoms with van der Waals surface area (Å²) in [6.45, 7) is 3.11. The molecule has 76 valence electrons.